The first kappa shape index (κ1) is 15.4. The Morgan fingerprint density at radius 1 is 1.36 bits per heavy atom. The average molecular weight is 204 g/mol. The highest BCUT2D eigenvalue weighted by molar-refractivity contribution is 5.66. The van der Waals surface area contributed by atoms with Crippen LogP contribution in [0.4, 0.5) is 0 Å². The summed E-state index contributed by atoms with van der Waals surface area (Å²) in [4.78, 5) is 20.8. The molecule has 14 heavy (non-hydrogen) atoms. The maximum absolute atomic E-state index is 9.93. The van der Waals surface area contributed by atoms with Crippen LogP contribution in [0.1, 0.15) is 25.7 Å². The van der Waals surface area contributed by atoms with Crippen LogP contribution in [-0.4, -0.2) is 43.0 Å². The number of carbonyl (C=O) groups is 2. The minimum atomic E-state index is -0.716. The lowest BCUT2D eigenvalue weighted by Gasteiger charge is -1.93. The maximum atomic E-state index is 9.93. The molecule has 0 saturated carbocycles. The number of nitrogens with zero attached hydrogens (tertiary/aromatic N) is 1. The highest BCUT2D eigenvalue weighted by Gasteiger charge is 1.94. The fourth-order valence-corrected chi connectivity index (χ4v) is 0.597. The zero-order chi connectivity index (χ0) is 11.4. The molecule has 0 aliphatic carbocycles. The fraction of sp³-hybridized carbons (Fsp3) is 0.778. The predicted molar refractivity (Wildman–Crippen MR) is 54.9 cm³/mol. The number of nitrogens with two attached hydrogens (primary N) is 1. The van der Waals surface area contributed by atoms with E-state index in [1.807, 2.05) is 0 Å². The number of carboxylic acids is 1. The third-order valence-corrected chi connectivity index (χ3v) is 1.31. The van der Waals surface area contributed by atoms with Crippen molar-refractivity contribution < 1.29 is 14.7 Å². The summed E-state index contributed by atoms with van der Waals surface area (Å²) in [5, 5.41) is 8.18. The standard InChI is InChI=1S/C6H13NO2.C3H7NO/c7-5-3-1-2-4-6(8)9;1-4(2)3-5/h1-5,7H2,(H,8,9);3H,1-2H3. The summed E-state index contributed by atoms with van der Waals surface area (Å²) < 4.78 is 0. The van der Waals surface area contributed by atoms with Gasteiger partial charge >= 0.3 is 5.97 Å². The molecule has 0 radical (unpaired) electrons. The molecule has 0 rings (SSSR count). The third kappa shape index (κ3) is 22.4. The number of hydrogen-bond acceptors (Lipinski definition) is 3. The quantitative estimate of drug-likeness (QED) is 0.481. The molecule has 5 heteroatoms. The Bertz CT molecular complexity index is 149. The van der Waals surface area contributed by atoms with Crippen LogP contribution in [0.3, 0.4) is 0 Å². The van der Waals surface area contributed by atoms with Crippen molar-refractivity contribution in [1.82, 2.24) is 4.90 Å². The minimum absolute atomic E-state index is 0.278. The van der Waals surface area contributed by atoms with E-state index in [4.69, 9.17) is 10.8 Å². The normalized spacial score (nSPS) is 8.50. The first-order chi connectivity index (χ1) is 6.54. The Balaban J connectivity index is 0. The van der Waals surface area contributed by atoms with Crippen LogP contribution in [0.5, 0.6) is 0 Å². The molecule has 0 saturated heterocycles. The SMILES string of the molecule is CN(C)C=O.NCCCCCC(=O)O. The van der Waals surface area contributed by atoms with Crippen molar-refractivity contribution in [2.75, 3.05) is 20.6 Å². The van der Waals surface area contributed by atoms with Crippen LogP contribution < -0.4 is 5.73 Å². The molecule has 1 amide bonds. The molecular weight excluding hydrogens is 184 g/mol. The van der Waals surface area contributed by atoms with Crippen LogP contribution in [0.25, 0.3) is 0 Å². The van der Waals surface area contributed by atoms with Crippen LogP contribution in [0.15, 0.2) is 0 Å². The second-order valence-electron chi connectivity index (χ2n) is 3.06. The lowest BCUT2D eigenvalue weighted by molar-refractivity contribution is -0.137. The van der Waals surface area contributed by atoms with Gasteiger partial charge in [-0.1, -0.05) is 6.42 Å². The van der Waals surface area contributed by atoms with Crippen molar-refractivity contribution in [3.05, 3.63) is 0 Å². The first-order valence-corrected chi connectivity index (χ1v) is 4.58. The van der Waals surface area contributed by atoms with E-state index >= 15 is 0 Å². The molecule has 0 heterocycles. The highest BCUT2D eigenvalue weighted by atomic mass is 16.4. The van der Waals surface area contributed by atoms with Gasteiger partial charge in [0.1, 0.15) is 0 Å². The van der Waals surface area contributed by atoms with Gasteiger partial charge in [-0.05, 0) is 19.4 Å². The summed E-state index contributed by atoms with van der Waals surface area (Å²) in [7, 11) is 3.38. The predicted octanol–water partition coefficient (Wildman–Crippen LogP) is 0.294. The Morgan fingerprint density at radius 2 is 1.86 bits per heavy atom. The van der Waals surface area contributed by atoms with Gasteiger partial charge in [0.15, 0.2) is 0 Å². The summed E-state index contributed by atoms with van der Waals surface area (Å²) in [6.45, 7) is 0.666. The van der Waals surface area contributed by atoms with Gasteiger partial charge < -0.3 is 15.7 Å². The molecule has 0 aromatic heterocycles. The van der Waals surface area contributed by atoms with Gasteiger partial charge in [-0.2, -0.15) is 0 Å². The smallest absolute Gasteiger partial charge is 0.303 e. The first-order valence-electron chi connectivity index (χ1n) is 4.58. The molecule has 0 aromatic rings. The van der Waals surface area contributed by atoms with Gasteiger partial charge in [-0.15, -0.1) is 0 Å². The van der Waals surface area contributed by atoms with Crippen LogP contribution in [0.2, 0.25) is 0 Å². The third-order valence-electron chi connectivity index (χ3n) is 1.31. The van der Waals surface area contributed by atoms with Crippen molar-refractivity contribution in [3.8, 4) is 0 Å². The lowest BCUT2D eigenvalue weighted by atomic mass is 10.2. The zero-order valence-electron chi connectivity index (χ0n) is 8.90. The molecule has 0 aromatic carbocycles. The monoisotopic (exact) mass is 204 g/mol. The largest absolute Gasteiger partial charge is 0.481 e. The molecule has 0 aliphatic heterocycles. The van der Waals surface area contributed by atoms with Crippen LogP contribution in [-0.2, 0) is 9.59 Å². The van der Waals surface area contributed by atoms with Crippen LogP contribution in [0, 0.1) is 0 Å². The molecule has 0 aliphatic rings. The van der Waals surface area contributed by atoms with E-state index in [-0.39, 0.29) is 6.42 Å². The molecule has 0 unspecified atom stereocenters. The van der Waals surface area contributed by atoms with Crippen LogP contribution >= 0.6 is 0 Å². The average Bonchev–Trinajstić information content (AvgIpc) is 2.13. The summed E-state index contributed by atoms with van der Waals surface area (Å²) in [6.07, 6.45) is 3.66. The highest BCUT2D eigenvalue weighted by Crippen LogP contribution is 1.97. The number of carboxylic acid groups (broad SMARTS) is 1. The van der Waals surface area contributed by atoms with E-state index in [0.717, 1.165) is 25.7 Å². The Hall–Kier alpha value is -1.10. The van der Waals surface area contributed by atoms with Gasteiger partial charge in [-0.25, -0.2) is 0 Å². The van der Waals surface area contributed by atoms with Gasteiger partial charge in [0.05, 0.1) is 0 Å². The summed E-state index contributed by atoms with van der Waals surface area (Å²) in [6, 6.07) is 0. The second-order valence-corrected chi connectivity index (χ2v) is 3.06. The number of unbranched alkanes of at least 4 members (excludes halogenated alkanes) is 2. The van der Waals surface area contributed by atoms with Gasteiger partial charge in [0, 0.05) is 20.5 Å². The number of aliphatic carboxylic acids is 1. The van der Waals surface area contributed by atoms with Gasteiger partial charge in [0.2, 0.25) is 6.41 Å². The summed E-state index contributed by atoms with van der Waals surface area (Å²) in [5.74, 6) is -0.716. The van der Waals surface area contributed by atoms with E-state index < -0.39 is 5.97 Å². The molecule has 0 spiro atoms. The molecule has 0 fully saturated rings. The van der Waals surface area contributed by atoms with E-state index in [2.05, 4.69) is 0 Å². The molecule has 84 valence electrons. The maximum Gasteiger partial charge on any atom is 0.303 e. The Labute approximate surface area is 84.9 Å². The molecule has 5 nitrogen and oxygen atoms in total. The van der Waals surface area contributed by atoms with E-state index in [1.165, 1.54) is 4.90 Å². The van der Waals surface area contributed by atoms with Gasteiger partial charge in [0.25, 0.3) is 0 Å². The van der Waals surface area contributed by atoms with Crippen molar-refractivity contribution in [1.29, 1.82) is 0 Å². The lowest BCUT2D eigenvalue weighted by Crippen LogP contribution is -2.06. The summed E-state index contributed by atoms with van der Waals surface area (Å²) >= 11 is 0. The molecular formula is C9H20N2O3. The Morgan fingerprint density at radius 3 is 2.14 bits per heavy atom. The second kappa shape index (κ2) is 11.9. The van der Waals surface area contributed by atoms with Crippen molar-refractivity contribution in [2.45, 2.75) is 25.7 Å². The number of rotatable bonds is 6. The zero-order valence-corrected chi connectivity index (χ0v) is 8.90. The number of carbonyl (C=O) groups excluding carboxylic acids is 1. The molecule has 0 atom stereocenters. The van der Waals surface area contributed by atoms with E-state index in [0.29, 0.717) is 6.54 Å². The molecule has 3 N–H and O–H groups in total. The Kier molecular flexibility index (Phi) is 13.1. The van der Waals surface area contributed by atoms with Gasteiger partial charge in [-0.3, -0.25) is 9.59 Å². The van der Waals surface area contributed by atoms with E-state index in [1.54, 1.807) is 14.1 Å². The van der Waals surface area contributed by atoms with Crippen molar-refractivity contribution >= 4 is 12.4 Å². The number of amides is 1. The van der Waals surface area contributed by atoms with E-state index in [9.17, 15) is 9.59 Å². The summed E-state index contributed by atoms with van der Waals surface area (Å²) in [5.41, 5.74) is 5.20. The van der Waals surface area contributed by atoms with Crippen molar-refractivity contribution in [2.24, 2.45) is 5.73 Å². The van der Waals surface area contributed by atoms with Crippen molar-refractivity contribution in [3.63, 3.8) is 0 Å². The minimum Gasteiger partial charge on any atom is -0.481 e. The molecule has 0 bridgehead atoms. The topological polar surface area (TPSA) is 83.6 Å². The number of hydrogen-bond donors (Lipinski definition) is 2. The fourth-order valence-electron chi connectivity index (χ4n) is 0.597.